The van der Waals surface area contributed by atoms with Gasteiger partial charge in [0.2, 0.25) is 5.95 Å². The van der Waals surface area contributed by atoms with Gasteiger partial charge in [-0.05, 0) is 25.6 Å². The first-order chi connectivity index (χ1) is 16.7. The van der Waals surface area contributed by atoms with Crippen molar-refractivity contribution in [2.75, 3.05) is 37.8 Å². The van der Waals surface area contributed by atoms with E-state index < -0.39 is 37.3 Å². The molecule has 5 heterocycles. The summed E-state index contributed by atoms with van der Waals surface area (Å²) in [6, 6.07) is 1.79. The Morgan fingerprint density at radius 1 is 1.23 bits per heavy atom. The van der Waals surface area contributed by atoms with E-state index in [1.165, 1.54) is 16.6 Å². The predicted molar refractivity (Wildman–Crippen MR) is 117 cm³/mol. The summed E-state index contributed by atoms with van der Waals surface area (Å²) in [5.41, 5.74) is 0.672. The second kappa shape index (κ2) is 8.55. The average molecular weight is 496 g/mol. The van der Waals surface area contributed by atoms with Gasteiger partial charge in [-0.1, -0.05) is 5.21 Å². The third-order valence-electron chi connectivity index (χ3n) is 5.84. The van der Waals surface area contributed by atoms with Gasteiger partial charge in [0.15, 0.2) is 17.3 Å². The fourth-order valence-corrected chi connectivity index (χ4v) is 4.22. The maximum Gasteiger partial charge on any atom is 0.280 e. The van der Waals surface area contributed by atoms with Crippen LogP contribution in [0, 0.1) is 5.82 Å². The minimum atomic E-state index is -3.01. The van der Waals surface area contributed by atoms with E-state index in [2.05, 4.69) is 36.0 Å². The van der Waals surface area contributed by atoms with E-state index in [0.29, 0.717) is 6.54 Å². The van der Waals surface area contributed by atoms with Crippen LogP contribution in [-0.2, 0) is 6.54 Å². The Kier molecular flexibility index (Phi) is 5.65. The molecule has 1 fully saturated rings. The number of piperidine rings is 1. The number of rotatable bonds is 6. The molecule has 4 aromatic rings. The Balaban J connectivity index is 1.56. The molecule has 186 valence electrons. The minimum absolute atomic E-state index is 0.0113. The highest BCUT2D eigenvalue weighted by atomic mass is 19.3. The molecule has 0 radical (unpaired) electrons. The predicted octanol–water partition coefficient (Wildman–Crippen LogP) is 2.73. The van der Waals surface area contributed by atoms with Crippen LogP contribution in [-0.4, -0.2) is 85.1 Å². The zero-order chi connectivity index (χ0) is 24.9. The first-order valence-electron chi connectivity index (χ1n) is 10.7. The van der Waals surface area contributed by atoms with Crippen molar-refractivity contribution in [2.24, 2.45) is 0 Å². The number of hydrogen-bond donors (Lipinski definition) is 2. The number of nitrogens with zero attached hydrogens (tertiary/aromatic N) is 8. The van der Waals surface area contributed by atoms with Gasteiger partial charge in [0, 0.05) is 13.6 Å². The molecule has 5 rings (SSSR count). The number of alkyl halides is 4. The lowest BCUT2D eigenvalue weighted by Gasteiger charge is -2.36. The van der Waals surface area contributed by atoms with Crippen molar-refractivity contribution in [2.45, 2.75) is 31.4 Å². The van der Waals surface area contributed by atoms with Gasteiger partial charge >= 0.3 is 0 Å². The largest absolute Gasteiger partial charge is 0.371 e. The van der Waals surface area contributed by atoms with E-state index in [1.807, 2.05) is 0 Å². The van der Waals surface area contributed by atoms with E-state index >= 15 is 4.39 Å². The highest BCUT2D eigenvalue weighted by molar-refractivity contribution is 5.89. The molecule has 0 aliphatic carbocycles. The summed E-state index contributed by atoms with van der Waals surface area (Å²) in [7, 11) is 3.17. The molecule has 10 nitrogen and oxygen atoms in total. The standard InChI is InChI=1S/C20H21F5N10/c1-26-17-16-15(11-3-4-12-18(27-11)35(32-30-12)8-14(22)23)10(21)7-34(16)31-19(29-17)28-13-5-6-33(2)9-20(13,24)25/h3-4,7,13-14H,5-6,8-9H2,1-2H3,(H2,26,28,29,31)/t13-/m0/s1. The SMILES string of the molecule is CNc1nc(N[C@H]2CCN(C)CC2(F)F)nn2cc(F)c(-c3ccc4nnn(CC(F)F)c4n3)c12. The number of hydrogen-bond acceptors (Lipinski definition) is 8. The molecule has 1 aliphatic heterocycles. The van der Waals surface area contributed by atoms with Crippen LogP contribution in [0.4, 0.5) is 33.7 Å². The zero-order valence-electron chi connectivity index (χ0n) is 18.7. The Morgan fingerprint density at radius 2 is 2.03 bits per heavy atom. The summed E-state index contributed by atoms with van der Waals surface area (Å²) in [5, 5.41) is 17.2. The smallest absolute Gasteiger partial charge is 0.280 e. The third-order valence-corrected chi connectivity index (χ3v) is 5.84. The summed E-state index contributed by atoms with van der Waals surface area (Å²) < 4.78 is 72.0. The molecule has 0 bridgehead atoms. The van der Waals surface area contributed by atoms with Crippen LogP contribution in [0.2, 0.25) is 0 Å². The Morgan fingerprint density at radius 3 is 2.74 bits per heavy atom. The summed E-state index contributed by atoms with van der Waals surface area (Å²) in [5.74, 6) is -3.65. The highest BCUT2D eigenvalue weighted by Crippen LogP contribution is 2.34. The van der Waals surface area contributed by atoms with Crippen LogP contribution < -0.4 is 10.6 Å². The van der Waals surface area contributed by atoms with Crippen LogP contribution in [0.3, 0.4) is 0 Å². The van der Waals surface area contributed by atoms with Crippen molar-refractivity contribution in [3.05, 3.63) is 24.1 Å². The van der Waals surface area contributed by atoms with Gasteiger partial charge in [-0.3, -0.25) is 0 Å². The number of fused-ring (bicyclic) bond motifs is 2. The molecule has 0 saturated carbocycles. The second-order valence-electron chi connectivity index (χ2n) is 8.37. The number of halogens is 5. The average Bonchev–Trinajstić information content (AvgIpc) is 3.33. The van der Waals surface area contributed by atoms with Crippen LogP contribution in [0.25, 0.3) is 27.9 Å². The lowest BCUT2D eigenvalue weighted by Crippen LogP contribution is -2.53. The quantitative estimate of drug-likeness (QED) is 0.393. The summed E-state index contributed by atoms with van der Waals surface area (Å²) in [6.07, 6.45) is -1.43. The Bertz CT molecular complexity index is 1380. The van der Waals surface area contributed by atoms with E-state index in [9.17, 15) is 17.6 Å². The van der Waals surface area contributed by atoms with Gasteiger partial charge in [-0.25, -0.2) is 36.1 Å². The molecule has 35 heavy (non-hydrogen) atoms. The molecule has 0 unspecified atom stereocenters. The van der Waals surface area contributed by atoms with Crippen molar-refractivity contribution in [3.8, 4) is 11.3 Å². The maximum absolute atomic E-state index is 15.1. The zero-order valence-corrected chi connectivity index (χ0v) is 18.7. The number of anilines is 2. The van der Waals surface area contributed by atoms with Crippen molar-refractivity contribution >= 4 is 28.4 Å². The number of pyridine rings is 1. The van der Waals surface area contributed by atoms with E-state index in [4.69, 9.17) is 0 Å². The molecule has 2 N–H and O–H groups in total. The molecule has 4 aromatic heterocycles. The fourth-order valence-electron chi connectivity index (χ4n) is 4.22. The minimum Gasteiger partial charge on any atom is -0.371 e. The Labute approximate surface area is 195 Å². The first-order valence-corrected chi connectivity index (χ1v) is 10.7. The van der Waals surface area contributed by atoms with Crippen molar-refractivity contribution < 1.29 is 22.0 Å². The van der Waals surface area contributed by atoms with Gasteiger partial charge in [0.05, 0.1) is 30.0 Å². The van der Waals surface area contributed by atoms with Gasteiger partial charge in [-0.2, -0.15) is 4.98 Å². The second-order valence-corrected chi connectivity index (χ2v) is 8.37. The number of nitrogens with one attached hydrogen (secondary N) is 2. The molecular weight excluding hydrogens is 475 g/mol. The normalized spacial score (nSPS) is 18.6. The monoisotopic (exact) mass is 496 g/mol. The van der Waals surface area contributed by atoms with Crippen molar-refractivity contribution in [3.63, 3.8) is 0 Å². The van der Waals surface area contributed by atoms with Crippen LogP contribution in [0.5, 0.6) is 0 Å². The van der Waals surface area contributed by atoms with E-state index in [-0.39, 0.29) is 46.1 Å². The lowest BCUT2D eigenvalue weighted by molar-refractivity contribution is -0.0675. The van der Waals surface area contributed by atoms with Crippen LogP contribution in [0.1, 0.15) is 6.42 Å². The molecule has 0 aromatic carbocycles. The molecule has 0 amide bonds. The molecule has 1 atom stereocenters. The number of likely N-dealkylation sites (tertiary alicyclic amines) is 1. The summed E-state index contributed by atoms with van der Waals surface area (Å²) >= 11 is 0. The molecule has 15 heteroatoms. The van der Waals surface area contributed by atoms with Gasteiger partial charge in [0.25, 0.3) is 12.3 Å². The Hall–Kier alpha value is -3.62. The van der Waals surface area contributed by atoms with Crippen LogP contribution in [0.15, 0.2) is 18.3 Å². The summed E-state index contributed by atoms with van der Waals surface area (Å²) in [4.78, 5) is 10.1. The summed E-state index contributed by atoms with van der Waals surface area (Å²) in [6.45, 7) is -0.644. The molecule has 0 spiro atoms. The van der Waals surface area contributed by atoms with Gasteiger partial charge in [0.1, 0.15) is 17.6 Å². The van der Waals surface area contributed by atoms with Crippen LogP contribution >= 0.6 is 0 Å². The molecular formula is C20H21F5N10. The fraction of sp³-hybridized carbons (Fsp3) is 0.450. The topological polar surface area (TPSA) is 101 Å². The third kappa shape index (κ3) is 4.19. The first kappa shape index (κ1) is 23.1. The molecule has 1 saturated heterocycles. The lowest BCUT2D eigenvalue weighted by atomic mass is 10.0. The van der Waals surface area contributed by atoms with Gasteiger partial charge in [-0.15, -0.1) is 10.2 Å². The molecule has 1 aliphatic rings. The van der Waals surface area contributed by atoms with Crippen molar-refractivity contribution in [1.29, 1.82) is 0 Å². The van der Waals surface area contributed by atoms with Gasteiger partial charge < -0.3 is 15.5 Å². The van der Waals surface area contributed by atoms with E-state index in [1.54, 1.807) is 19.0 Å². The highest BCUT2D eigenvalue weighted by Gasteiger charge is 2.44. The number of aromatic nitrogens is 7. The van der Waals surface area contributed by atoms with E-state index in [0.717, 1.165) is 10.9 Å². The van der Waals surface area contributed by atoms with Crippen molar-refractivity contribution in [1.82, 2.24) is 39.5 Å². The maximum atomic E-state index is 15.1.